The Morgan fingerprint density at radius 1 is 0.950 bits per heavy atom. The van der Waals surface area contributed by atoms with Crippen LogP contribution in [0.4, 0.5) is 0 Å². The van der Waals surface area contributed by atoms with Crippen LogP contribution in [0.1, 0.15) is 5.69 Å². The minimum Gasteiger partial charge on any atom is -0.492 e. The van der Waals surface area contributed by atoms with Gasteiger partial charge in [-0.15, -0.1) is 0 Å². The molecule has 0 amide bonds. The summed E-state index contributed by atoms with van der Waals surface area (Å²) in [5.41, 5.74) is 8.19. The van der Waals surface area contributed by atoms with Gasteiger partial charge in [0.1, 0.15) is 12.4 Å². The summed E-state index contributed by atoms with van der Waals surface area (Å²) in [5, 5.41) is 1.23. The Balaban J connectivity index is 1.77. The molecular formula is C17H18N2O. The molecule has 1 heterocycles. The highest BCUT2D eigenvalue weighted by molar-refractivity contribution is 5.81. The van der Waals surface area contributed by atoms with Gasteiger partial charge in [-0.1, -0.05) is 36.4 Å². The molecule has 0 spiro atoms. The van der Waals surface area contributed by atoms with E-state index in [4.69, 9.17) is 10.5 Å². The molecule has 0 aliphatic rings. The van der Waals surface area contributed by atoms with Crippen LogP contribution in [-0.2, 0) is 13.1 Å². The predicted molar refractivity (Wildman–Crippen MR) is 81.8 cm³/mol. The molecule has 0 aliphatic carbocycles. The molecule has 0 aliphatic heterocycles. The summed E-state index contributed by atoms with van der Waals surface area (Å²) in [7, 11) is 0. The summed E-state index contributed by atoms with van der Waals surface area (Å²) in [6.45, 7) is 1.98. The Kier molecular flexibility index (Phi) is 3.70. The van der Waals surface area contributed by atoms with E-state index in [1.54, 1.807) is 0 Å². The van der Waals surface area contributed by atoms with Gasteiger partial charge in [0.25, 0.3) is 0 Å². The lowest BCUT2D eigenvalue weighted by molar-refractivity contribution is 0.299. The summed E-state index contributed by atoms with van der Waals surface area (Å²) in [5.74, 6) is 0.901. The second-order valence-corrected chi connectivity index (χ2v) is 4.71. The zero-order chi connectivity index (χ0) is 13.8. The monoisotopic (exact) mass is 266 g/mol. The molecule has 0 radical (unpaired) electrons. The van der Waals surface area contributed by atoms with Crippen molar-refractivity contribution in [2.24, 2.45) is 5.73 Å². The number of benzene rings is 2. The van der Waals surface area contributed by atoms with Crippen LogP contribution in [0.5, 0.6) is 5.75 Å². The number of fused-ring (bicyclic) bond motifs is 1. The number of aromatic nitrogens is 1. The second kappa shape index (κ2) is 5.80. The van der Waals surface area contributed by atoms with Crippen LogP contribution in [0.3, 0.4) is 0 Å². The van der Waals surface area contributed by atoms with Crippen LogP contribution in [0, 0.1) is 0 Å². The molecule has 0 bridgehead atoms. The lowest BCUT2D eigenvalue weighted by Gasteiger charge is -2.11. The predicted octanol–water partition coefficient (Wildman–Crippen LogP) is 3.18. The number of nitrogens with two attached hydrogens (primary N) is 1. The minimum atomic E-state index is 0.542. The van der Waals surface area contributed by atoms with Crippen LogP contribution >= 0.6 is 0 Å². The number of ether oxygens (including phenoxy) is 1. The van der Waals surface area contributed by atoms with Gasteiger partial charge in [-0.2, -0.15) is 0 Å². The Hall–Kier alpha value is -2.26. The lowest BCUT2D eigenvalue weighted by atomic mass is 10.2. The Bertz CT molecular complexity index is 689. The molecule has 1 aromatic heterocycles. The topological polar surface area (TPSA) is 40.2 Å². The SMILES string of the molecule is NCc1cc2ccccc2n1CCOc1ccccc1. The van der Waals surface area contributed by atoms with Crippen LogP contribution < -0.4 is 10.5 Å². The molecule has 2 aromatic carbocycles. The van der Waals surface area contributed by atoms with Gasteiger partial charge in [0, 0.05) is 17.8 Å². The third-order valence-electron chi connectivity index (χ3n) is 3.43. The average molecular weight is 266 g/mol. The van der Waals surface area contributed by atoms with E-state index in [2.05, 4.69) is 28.8 Å². The van der Waals surface area contributed by atoms with Crippen molar-refractivity contribution in [2.45, 2.75) is 13.1 Å². The molecule has 20 heavy (non-hydrogen) atoms. The van der Waals surface area contributed by atoms with E-state index in [-0.39, 0.29) is 0 Å². The summed E-state index contributed by atoms with van der Waals surface area (Å²) in [4.78, 5) is 0. The smallest absolute Gasteiger partial charge is 0.119 e. The van der Waals surface area contributed by atoms with Crippen molar-refractivity contribution in [3.8, 4) is 5.75 Å². The zero-order valence-corrected chi connectivity index (χ0v) is 11.3. The fourth-order valence-corrected chi connectivity index (χ4v) is 2.47. The molecule has 102 valence electrons. The lowest BCUT2D eigenvalue weighted by Crippen LogP contribution is -2.12. The second-order valence-electron chi connectivity index (χ2n) is 4.71. The van der Waals surface area contributed by atoms with Crippen molar-refractivity contribution in [1.82, 2.24) is 4.57 Å². The molecule has 3 rings (SSSR count). The number of hydrogen-bond acceptors (Lipinski definition) is 2. The van der Waals surface area contributed by atoms with Gasteiger partial charge in [-0.25, -0.2) is 0 Å². The first kappa shape index (κ1) is 12.8. The highest BCUT2D eigenvalue weighted by Crippen LogP contribution is 2.19. The summed E-state index contributed by atoms with van der Waals surface area (Å²) < 4.78 is 8.00. The van der Waals surface area contributed by atoms with Crippen molar-refractivity contribution in [2.75, 3.05) is 6.61 Å². The van der Waals surface area contributed by atoms with Gasteiger partial charge in [0.05, 0.1) is 6.54 Å². The van der Waals surface area contributed by atoms with E-state index in [0.717, 1.165) is 18.0 Å². The van der Waals surface area contributed by atoms with E-state index < -0.39 is 0 Å². The normalized spacial score (nSPS) is 10.8. The molecule has 0 atom stereocenters. The maximum atomic E-state index is 5.84. The third kappa shape index (κ3) is 2.53. The average Bonchev–Trinajstić information content (AvgIpc) is 2.87. The van der Waals surface area contributed by atoms with E-state index >= 15 is 0 Å². The maximum Gasteiger partial charge on any atom is 0.119 e. The fraction of sp³-hybridized carbons (Fsp3) is 0.176. The molecule has 0 saturated carbocycles. The molecular weight excluding hydrogens is 248 g/mol. The molecule has 3 heteroatoms. The van der Waals surface area contributed by atoms with Crippen molar-refractivity contribution in [1.29, 1.82) is 0 Å². The Labute approximate surface area is 118 Å². The zero-order valence-electron chi connectivity index (χ0n) is 11.3. The highest BCUT2D eigenvalue weighted by atomic mass is 16.5. The molecule has 0 saturated heterocycles. The first-order chi connectivity index (χ1) is 9.88. The first-order valence-electron chi connectivity index (χ1n) is 6.83. The van der Waals surface area contributed by atoms with Gasteiger partial charge in [-0.05, 0) is 29.7 Å². The van der Waals surface area contributed by atoms with Crippen molar-refractivity contribution in [3.05, 3.63) is 66.4 Å². The van der Waals surface area contributed by atoms with Gasteiger partial charge in [0.15, 0.2) is 0 Å². The number of para-hydroxylation sites is 2. The Morgan fingerprint density at radius 3 is 2.50 bits per heavy atom. The highest BCUT2D eigenvalue weighted by Gasteiger charge is 2.06. The molecule has 0 fully saturated rings. The van der Waals surface area contributed by atoms with E-state index in [1.807, 2.05) is 36.4 Å². The van der Waals surface area contributed by atoms with E-state index in [0.29, 0.717) is 13.2 Å². The Morgan fingerprint density at radius 2 is 1.70 bits per heavy atom. The van der Waals surface area contributed by atoms with Crippen LogP contribution in [0.25, 0.3) is 10.9 Å². The van der Waals surface area contributed by atoms with Gasteiger partial charge in [0.2, 0.25) is 0 Å². The maximum absolute atomic E-state index is 5.84. The van der Waals surface area contributed by atoms with Crippen LogP contribution in [0.15, 0.2) is 60.7 Å². The van der Waals surface area contributed by atoms with Gasteiger partial charge < -0.3 is 15.0 Å². The molecule has 0 unspecified atom stereocenters. The summed E-state index contributed by atoms with van der Waals surface area (Å²) in [6, 6.07) is 20.4. The molecule has 3 aromatic rings. The van der Waals surface area contributed by atoms with Crippen LogP contribution in [-0.4, -0.2) is 11.2 Å². The number of nitrogens with zero attached hydrogens (tertiary/aromatic N) is 1. The number of rotatable bonds is 5. The number of hydrogen-bond donors (Lipinski definition) is 1. The quantitative estimate of drug-likeness (QED) is 0.770. The summed E-state index contributed by atoms with van der Waals surface area (Å²) in [6.07, 6.45) is 0. The van der Waals surface area contributed by atoms with Crippen molar-refractivity contribution >= 4 is 10.9 Å². The standard InChI is InChI=1S/C17H18N2O/c18-13-15-12-14-6-4-5-9-17(14)19(15)10-11-20-16-7-2-1-3-8-16/h1-9,12H,10-11,13,18H2. The third-order valence-corrected chi connectivity index (χ3v) is 3.43. The van der Waals surface area contributed by atoms with E-state index in [9.17, 15) is 0 Å². The molecule has 2 N–H and O–H groups in total. The first-order valence-corrected chi connectivity index (χ1v) is 6.83. The van der Waals surface area contributed by atoms with Crippen LogP contribution in [0.2, 0.25) is 0 Å². The van der Waals surface area contributed by atoms with E-state index in [1.165, 1.54) is 10.9 Å². The van der Waals surface area contributed by atoms with Crippen molar-refractivity contribution < 1.29 is 4.74 Å². The van der Waals surface area contributed by atoms with Gasteiger partial charge >= 0.3 is 0 Å². The largest absolute Gasteiger partial charge is 0.492 e. The minimum absolute atomic E-state index is 0.542. The molecule has 3 nitrogen and oxygen atoms in total. The fourth-order valence-electron chi connectivity index (χ4n) is 2.47. The summed E-state index contributed by atoms with van der Waals surface area (Å²) >= 11 is 0. The van der Waals surface area contributed by atoms with Crippen molar-refractivity contribution in [3.63, 3.8) is 0 Å². The van der Waals surface area contributed by atoms with Gasteiger partial charge in [-0.3, -0.25) is 0 Å².